The highest BCUT2D eigenvalue weighted by Crippen LogP contribution is 2.24. The quantitative estimate of drug-likeness (QED) is 0.110. The Hall–Kier alpha value is -1.07. The number of hydrogen-bond acceptors (Lipinski definition) is 4. The van der Waals surface area contributed by atoms with Crippen molar-refractivity contribution < 1.29 is 24.5 Å². The number of aliphatic hydroxyl groups excluding tert-OH is 1. The molecule has 1 saturated heterocycles. The Morgan fingerprint density at radius 3 is 2.03 bits per heavy atom. The van der Waals surface area contributed by atoms with Crippen LogP contribution in [0.4, 0.5) is 0 Å². The highest BCUT2D eigenvalue weighted by molar-refractivity contribution is 5.87. The summed E-state index contributed by atoms with van der Waals surface area (Å²) in [5, 5.41) is 20.3. The maximum Gasteiger partial charge on any atom is 0.334 e. The monoisotopic (exact) mass is 454 g/mol. The van der Waals surface area contributed by atoms with Crippen LogP contribution in [0.3, 0.4) is 0 Å². The Kier molecular flexibility index (Phi) is 17.6. The van der Waals surface area contributed by atoms with E-state index in [4.69, 9.17) is 9.47 Å². The fourth-order valence-corrected chi connectivity index (χ4v) is 4.38. The molecule has 5 nitrogen and oxygen atoms in total. The van der Waals surface area contributed by atoms with Crippen molar-refractivity contribution in [3.63, 3.8) is 0 Å². The normalized spacial score (nSPS) is 18.4. The van der Waals surface area contributed by atoms with Crippen LogP contribution in [-0.2, 0) is 14.3 Å². The van der Waals surface area contributed by atoms with E-state index in [9.17, 15) is 15.0 Å². The molecule has 0 radical (unpaired) electrons. The van der Waals surface area contributed by atoms with Gasteiger partial charge in [-0.3, -0.25) is 0 Å². The molecular formula is C27H50O5. The van der Waals surface area contributed by atoms with Crippen molar-refractivity contribution >= 4 is 5.97 Å². The van der Waals surface area contributed by atoms with Crippen molar-refractivity contribution in [2.45, 2.75) is 148 Å². The van der Waals surface area contributed by atoms with Gasteiger partial charge in [0.15, 0.2) is 6.29 Å². The van der Waals surface area contributed by atoms with Crippen molar-refractivity contribution in [3.05, 3.63) is 11.3 Å². The van der Waals surface area contributed by atoms with Gasteiger partial charge in [-0.15, -0.1) is 0 Å². The molecule has 0 amide bonds. The number of ether oxygens (including phenoxy) is 2. The predicted molar refractivity (Wildman–Crippen MR) is 131 cm³/mol. The fraction of sp³-hybridized carbons (Fsp3) is 0.889. The van der Waals surface area contributed by atoms with Gasteiger partial charge >= 0.3 is 5.97 Å². The first-order valence-corrected chi connectivity index (χ1v) is 13.5. The van der Waals surface area contributed by atoms with E-state index in [0.29, 0.717) is 6.42 Å². The zero-order chi connectivity index (χ0) is 23.4. The van der Waals surface area contributed by atoms with Gasteiger partial charge in [-0.1, -0.05) is 90.9 Å². The van der Waals surface area contributed by atoms with Crippen LogP contribution in [0.25, 0.3) is 0 Å². The molecule has 0 aromatic heterocycles. The second-order valence-electron chi connectivity index (χ2n) is 9.42. The van der Waals surface area contributed by atoms with Crippen molar-refractivity contribution in [1.82, 2.24) is 0 Å². The largest absolute Gasteiger partial charge is 0.512 e. The average molecular weight is 455 g/mol. The molecule has 0 bridgehead atoms. The second-order valence-corrected chi connectivity index (χ2v) is 9.42. The number of rotatable bonds is 20. The van der Waals surface area contributed by atoms with E-state index in [-0.39, 0.29) is 30.1 Å². The van der Waals surface area contributed by atoms with Crippen molar-refractivity contribution in [2.24, 2.45) is 0 Å². The molecule has 1 heterocycles. The Morgan fingerprint density at radius 1 is 0.875 bits per heavy atom. The Morgan fingerprint density at radius 2 is 1.47 bits per heavy atom. The van der Waals surface area contributed by atoms with E-state index in [1.807, 2.05) is 0 Å². The van der Waals surface area contributed by atoms with E-state index < -0.39 is 5.97 Å². The zero-order valence-corrected chi connectivity index (χ0v) is 20.9. The minimum Gasteiger partial charge on any atom is -0.512 e. The summed E-state index contributed by atoms with van der Waals surface area (Å²) >= 11 is 0. The molecular weight excluding hydrogens is 404 g/mol. The Labute approximate surface area is 197 Å². The molecule has 0 aliphatic carbocycles. The van der Waals surface area contributed by atoms with Gasteiger partial charge in [-0.2, -0.15) is 0 Å². The summed E-state index contributed by atoms with van der Waals surface area (Å²) in [6, 6.07) is 0. The molecule has 32 heavy (non-hydrogen) atoms. The number of carboxylic acid groups (broad SMARTS) is 1. The minimum atomic E-state index is -1.00. The van der Waals surface area contributed by atoms with Crippen molar-refractivity contribution in [3.8, 4) is 0 Å². The summed E-state index contributed by atoms with van der Waals surface area (Å²) in [6.07, 6.45) is 19.5. The van der Waals surface area contributed by atoms with Crippen LogP contribution >= 0.6 is 0 Å². The number of unbranched alkanes of at least 4 members (excludes halogenated alkanes) is 11. The summed E-state index contributed by atoms with van der Waals surface area (Å²) in [4.78, 5) is 11.7. The molecule has 2 N–H and O–H groups in total. The van der Waals surface area contributed by atoms with E-state index >= 15 is 0 Å². The van der Waals surface area contributed by atoms with Crippen LogP contribution in [0.2, 0.25) is 0 Å². The molecule has 188 valence electrons. The van der Waals surface area contributed by atoms with Gasteiger partial charge in [0, 0.05) is 13.0 Å². The first-order valence-electron chi connectivity index (χ1n) is 13.5. The number of carboxylic acids is 1. The third kappa shape index (κ3) is 14.2. The topological polar surface area (TPSA) is 76.0 Å². The molecule has 1 fully saturated rings. The number of aliphatic hydroxyl groups is 1. The first kappa shape index (κ1) is 29.0. The minimum absolute atomic E-state index is 0.00858. The van der Waals surface area contributed by atoms with Crippen molar-refractivity contribution in [1.29, 1.82) is 0 Å². The van der Waals surface area contributed by atoms with Gasteiger partial charge in [-0.25, -0.2) is 4.79 Å². The first-order chi connectivity index (χ1) is 15.6. The SMILES string of the molecule is CCCCCCCCCCC[C@H](CC(O)=C(CCCCCC)C(=O)O)OC1CCCCO1. The lowest BCUT2D eigenvalue weighted by molar-refractivity contribution is -0.190. The molecule has 1 aliphatic rings. The van der Waals surface area contributed by atoms with Gasteiger partial charge in [0.05, 0.1) is 11.7 Å². The lowest BCUT2D eigenvalue weighted by Crippen LogP contribution is -2.28. The van der Waals surface area contributed by atoms with E-state index in [1.54, 1.807) is 0 Å². The lowest BCUT2D eigenvalue weighted by Gasteiger charge is -2.28. The lowest BCUT2D eigenvalue weighted by atomic mass is 10.00. The molecule has 5 heteroatoms. The summed E-state index contributed by atoms with van der Waals surface area (Å²) in [6.45, 7) is 5.10. The second kappa shape index (κ2) is 19.4. The molecule has 1 unspecified atom stereocenters. The molecule has 0 saturated carbocycles. The maximum atomic E-state index is 11.7. The van der Waals surface area contributed by atoms with Crippen LogP contribution in [0.15, 0.2) is 11.3 Å². The molecule has 2 atom stereocenters. The van der Waals surface area contributed by atoms with Crippen molar-refractivity contribution in [2.75, 3.05) is 6.61 Å². The van der Waals surface area contributed by atoms with Gasteiger partial charge in [-0.05, 0) is 38.5 Å². The third-order valence-electron chi connectivity index (χ3n) is 6.42. The van der Waals surface area contributed by atoms with E-state index in [2.05, 4.69) is 13.8 Å². The van der Waals surface area contributed by atoms with E-state index in [1.165, 1.54) is 44.9 Å². The van der Waals surface area contributed by atoms with Gasteiger partial charge in [0.2, 0.25) is 0 Å². The Balaban J connectivity index is 2.52. The maximum absolute atomic E-state index is 11.7. The fourth-order valence-electron chi connectivity index (χ4n) is 4.38. The third-order valence-corrected chi connectivity index (χ3v) is 6.42. The molecule has 1 rings (SSSR count). The highest BCUT2D eigenvalue weighted by atomic mass is 16.7. The molecule has 0 aromatic carbocycles. The zero-order valence-electron chi connectivity index (χ0n) is 20.9. The number of aliphatic carboxylic acids is 1. The predicted octanol–water partition coefficient (Wildman–Crippen LogP) is 8.08. The standard InChI is InChI=1S/C27H50O5/c1-3-5-7-9-10-11-12-13-14-18-23(32-26-20-16-17-21-31-26)22-25(28)24(27(29)30)19-15-8-6-4-2/h23,26,28H,3-22H2,1-2H3,(H,29,30)/t23-,26?/m1/s1. The van der Waals surface area contributed by atoms with Crippen LogP contribution in [-0.4, -0.2) is 35.2 Å². The Bertz CT molecular complexity index is 496. The summed E-state index contributed by atoms with van der Waals surface area (Å²) in [5.74, 6) is -1.01. The van der Waals surface area contributed by atoms with Gasteiger partial charge in [0.1, 0.15) is 5.76 Å². The average Bonchev–Trinajstić information content (AvgIpc) is 2.78. The number of carbonyl (C=O) groups is 1. The van der Waals surface area contributed by atoms with Gasteiger partial charge in [0.25, 0.3) is 0 Å². The van der Waals surface area contributed by atoms with E-state index in [0.717, 1.165) is 70.8 Å². The van der Waals surface area contributed by atoms with Crippen LogP contribution in [0.1, 0.15) is 136 Å². The summed E-state index contributed by atoms with van der Waals surface area (Å²) < 4.78 is 11.9. The summed E-state index contributed by atoms with van der Waals surface area (Å²) in [7, 11) is 0. The summed E-state index contributed by atoms with van der Waals surface area (Å²) in [5.41, 5.74) is 0.159. The molecule has 1 aliphatic heterocycles. The van der Waals surface area contributed by atoms with Gasteiger partial charge < -0.3 is 19.7 Å². The molecule has 0 aromatic rings. The molecule has 0 spiro atoms. The number of hydrogen-bond donors (Lipinski definition) is 2. The smallest absolute Gasteiger partial charge is 0.334 e. The highest BCUT2D eigenvalue weighted by Gasteiger charge is 2.23. The van der Waals surface area contributed by atoms with Crippen LogP contribution < -0.4 is 0 Å². The van der Waals surface area contributed by atoms with Crippen LogP contribution in [0.5, 0.6) is 0 Å². The van der Waals surface area contributed by atoms with Crippen LogP contribution in [0, 0.1) is 0 Å².